The molecule has 1 atom stereocenters. The van der Waals surface area contributed by atoms with Gasteiger partial charge in [-0.1, -0.05) is 17.7 Å². The summed E-state index contributed by atoms with van der Waals surface area (Å²) < 4.78 is 13.5. The van der Waals surface area contributed by atoms with Crippen LogP contribution < -0.4 is 4.90 Å². The van der Waals surface area contributed by atoms with E-state index in [1.165, 1.54) is 17.0 Å². The van der Waals surface area contributed by atoms with Gasteiger partial charge in [0.25, 0.3) is 5.91 Å². The molecule has 0 unspecified atom stereocenters. The molecule has 2 aliphatic heterocycles. The van der Waals surface area contributed by atoms with Crippen molar-refractivity contribution >= 4 is 41.0 Å². The number of Topliss-reactive ketones (excluding diaryl/α,β-unsaturated/α-hetero) is 1. The van der Waals surface area contributed by atoms with Crippen LogP contribution in [-0.4, -0.2) is 52.8 Å². The van der Waals surface area contributed by atoms with Crippen molar-refractivity contribution < 1.29 is 23.9 Å². The number of carbonyl (C=O) groups excluding carboxylic acids is 3. The Kier molecular flexibility index (Phi) is 5.78. The first-order valence-corrected chi connectivity index (χ1v) is 11.8. The third kappa shape index (κ3) is 4.03. The van der Waals surface area contributed by atoms with Gasteiger partial charge in [0.05, 0.1) is 0 Å². The highest BCUT2D eigenvalue weighted by molar-refractivity contribution is 6.30. The zero-order valence-electron chi connectivity index (χ0n) is 18.5. The Morgan fingerprint density at radius 1 is 1.12 bits per heavy atom. The second kappa shape index (κ2) is 8.64. The van der Waals surface area contributed by atoms with Crippen molar-refractivity contribution in [3.05, 3.63) is 69.5 Å². The molecule has 2 heterocycles. The van der Waals surface area contributed by atoms with Gasteiger partial charge in [0.1, 0.15) is 5.82 Å². The van der Waals surface area contributed by atoms with Gasteiger partial charge in [0.2, 0.25) is 11.5 Å². The number of amides is 2. The van der Waals surface area contributed by atoms with E-state index in [1.807, 2.05) is 23.1 Å². The molecule has 3 aliphatic rings. The van der Waals surface area contributed by atoms with Gasteiger partial charge < -0.3 is 14.9 Å². The molecule has 1 aliphatic carbocycles. The maximum Gasteiger partial charge on any atom is 0.266 e. The van der Waals surface area contributed by atoms with Crippen LogP contribution in [0, 0.1) is 5.82 Å². The van der Waals surface area contributed by atoms with Crippen molar-refractivity contribution in [3.8, 4) is 0 Å². The Balaban J connectivity index is 1.28. The first kappa shape index (κ1) is 22.7. The van der Waals surface area contributed by atoms with Crippen molar-refractivity contribution in [1.82, 2.24) is 4.90 Å². The summed E-state index contributed by atoms with van der Waals surface area (Å²) in [6.45, 7) is 1.78. The number of anilines is 1. The molecule has 176 valence electrons. The number of halogens is 2. The van der Waals surface area contributed by atoms with Gasteiger partial charge in [-0.15, -0.1) is 0 Å². The lowest BCUT2D eigenvalue weighted by atomic mass is 9.92. The third-order valence-electron chi connectivity index (χ3n) is 6.89. The predicted molar refractivity (Wildman–Crippen MR) is 126 cm³/mol. The molecule has 6 nitrogen and oxygen atoms in total. The molecule has 0 aromatic heterocycles. The zero-order chi connectivity index (χ0) is 24.0. The highest BCUT2D eigenvalue weighted by atomic mass is 35.5. The molecular weight excluding hydrogens is 459 g/mol. The maximum atomic E-state index is 13.5. The van der Waals surface area contributed by atoms with E-state index in [-0.39, 0.29) is 36.7 Å². The van der Waals surface area contributed by atoms with E-state index in [4.69, 9.17) is 11.6 Å². The minimum Gasteiger partial charge on any atom is -0.373 e. The van der Waals surface area contributed by atoms with Gasteiger partial charge in [-0.2, -0.15) is 0 Å². The Morgan fingerprint density at radius 3 is 2.62 bits per heavy atom. The van der Waals surface area contributed by atoms with Crippen LogP contribution in [0.2, 0.25) is 5.02 Å². The van der Waals surface area contributed by atoms with Crippen LogP contribution in [0.25, 0.3) is 6.08 Å². The van der Waals surface area contributed by atoms with E-state index >= 15 is 0 Å². The number of carbonyl (C=O) groups is 3. The summed E-state index contributed by atoms with van der Waals surface area (Å²) in [5, 5.41) is 11.2. The number of benzene rings is 2. The van der Waals surface area contributed by atoms with E-state index in [0.717, 1.165) is 36.2 Å². The summed E-state index contributed by atoms with van der Waals surface area (Å²) in [5.74, 6) is -1.70. The monoisotopic (exact) mass is 482 g/mol. The maximum absolute atomic E-state index is 13.5. The van der Waals surface area contributed by atoms with Crippen LogP contribution in [0.4, 0.5) is 10.1 Å². The lowest BCUT2D eigenvalue weighted by Gasteiger charge is -2.31. The van der Waals surface area contributed by atoms with Gasteiger partial charge in [-0.25, -0.2) is 4.39 Å². The van der Waals surface area contributed by atoms with Crippen molar-refractivity contribution in [1.29, 1.82) is 0 Å². The molecule has 2 amide bonds. The normalized spacial score (nSPS) is 21.4. The van der Waals surface area contributed by atoms with Gasteiger partial charge in [-0.05, 0) is 65.9 Å². The zero-order valence-corrected chi connectivity index (χ0v) is 19.3. The Bertz CT molecular complexity index is 1220. The number of likely N-dealkylation sites (tertiary alicyclic amines) is 1. The van der Waals surface area contributed by atoms with E-state index in [0.29, 0.717) is 17.7 Å². The van der Waals surface area contributed by atoms with E-state index in [1.54, 1.807) is 12.1 Å². The topological polar surface area (TPSA) is 77.9 Å². The quantitative estimate of drug-likeness (QED) is 0.641. The van der Waals surface area contributed by atoms with Crippen LogP contribution in [0.5, 0.6) is 0 Å². The molecule has 34 heavy (non-hydrogen) atoms. The fraction of sp³-hybridized carbons (Fsp3) is 0.346. The third-order valence-corrected chi connectivity index (χ3v) is 7.11. The van der Waals surface area contributed by atoms with Gasteiger partial charge in [0, 0.05) is 55.2 Å². The van der Waals surface area contributed by atoms with Crippen LogP contribution in [0.3, 0.4) is 0 Å². The van der Waals surface area contributed by atoms with Crippen LogP contribution in [0.15, 0.2) is 42.0 Å². The summed E-state index contributed by atoms with van der Waals surface area (Å²) in [6.07, 6.45) is 3.51. The second-order valence-corrected chi connectivity index (χ2v) is 9.58. The summed E-state index contributed by atoms with van der Waals surface area (Å²) in [5.41, 5.74) is 1.63. The lowest BCUT2D eigenvalue weighted by molar-refractivity contribution is -0.147. The number of ketones is 1. The Hall–Kier alpha value is -3.03. The Morgan fingerprint density at radius 2 is 1.91 bits per heavy atom. The fourth-order valence-electron chi connectivity index (χ4n) is 4.78. The standard InChI is InChI=1S/C26H24ClFN2O4/c27-20-10-16(11-21(28)15-20)2-5-23(31)26(34)6-9-30(25(26)33)22-4-3-17-12-19(13-18(17)14-22)24(32)29-7-1-8-29/h3-4,10-11,13-15,34H,1-2,5-9,12H2/t26-/m0/s1. The SMILES string of the molecule is O=C(C1=Cc2cc(N3CC[C@](O)(C(=O)CCc4cc(F)cc(Cl)c4)C3=O)ccc2C1)N1CCC1. The minimum absolute atomic E-state index is 0.0137. The lowest BCUT2D eigenvalue weighted by Crippen LogP contribution is -2.47. The van der Waals surface area contributed by atoms with Crippen LogP contribution in [0.1, 0.15) is 36.0 Å². The molecule has 1 N–H and O–H groups in total. The van der Waals surface area contributed by atoms with E-state index in [2.05, 4.69) is 0 Å². The largest absolute Gasteiger partial charge is 0.373 e. The van der Waals surface area contributed by atoms with Crippen LogP contribution in [-0.2, 0) is 27.2 Å². The molecule has 0 saturated carbocycles. The molecule has 0 radical (unpaired) electrons. The summed E-state index contributed by atoms with van der Waals surface area (Å²) >= 11 is 5.86. The molecule has 5 rings (SSSR count). The minimum atomic E-state index is -2.11. The van der Waals surface area contributed by atoms with Gasteiger partial charge in [-0.3, -0.25) is 14.4 Å². The predicted octanol–water partition coefficient (Wildman–Crippen LogP) is 3.32. The smallest absolute Gasteiger partial charge is 0.266 e. The highest BCUT2D eigenvalue weighted by Crippen LogP contribution is 2.35. The number of fused-ring (bicyclic) bond motifs is 1. The second-order valence-electron chi connectivity index (χ2n) is 9.14. The average molecular weight is 483 g/mol. The number of aliphatic hydroxyl groups is 1. The summed E-state index contributed by atoms with van der Waals surface area (Å²) in [4.78, 5) is 41.7. The molecule has 2 saturated heterocycles. The number of rotatable bonds is 6. The number of hydrogen-bond acceptors (Lipinski definition) is 4. The van der Waals surface area contributed by atoms with Gasteiger partial charge >= 0.3 is 0 Å². The molecule has 0 spiro atoms. The van der Waals surface area contributed by atoms with Gasteiger partial charge in [0.15, 0.2) is 5.78 Å². The van der Waals surface area contributed by atoms with Crippen molar-refractivity contribution in [2.24, 2.45) is 0 Å². The average Bonchev–Trinajstić information content (AvgIpc) is 3.31. The first-order valence-electron chi connectivity index (χ1n) is 11.4. The van der Waals surface area contributed by atoms with E-state index in [9.17, 15) is 23.9 Å². The van der Waals surface area contributed by atoms with Crippen molar-refractivity contribution in [2.45, 2.75) is 37.7 Å². The molecule has 2 fully saturated rings. The highest BCUT2D eigenvalue weighted by Gasteiger charge is 2.50. The summed E-state index contributed by atoms with van der Waals surface area (Å²) in [6, 6.07) is 9.52. The summed E-state index contributed by atoms with van der Waals surface area (Å²) in [7, 11) is 0. The van der Waals surface area contributed by atoms with Crippen LogP contribution >= 0.6 is 11.6 Å². The van der Waals surface area contributed by atoms with E-state index < -0.39 is 23.1 Å². The molecule has 2 aromatic carbocycles. The molecular formula is C26H24ClFN2O4. The Labute approximate surface area is 201 Å². The number of hydrogen-bond donors (Lipinski definition) is 1. The molecule has 8 heteroatoms. The van der Waals surface area contributed by atoms with Crippen molar-refractivity contribution in [2.75, 3.05) is 24.5 Å². The first-order chi connectivity index (χ1) is 16.2. The number of aryl methyl sites for hydroxylation is 1. The fourth-order valence-corrected chi connectivity index (χ4v) is 5.02. The molecule has 2 aromatic rings. The van der Waals surface area contributed by atoms with Crippen molar-refractivity contribution in [3.63, 3.8) is 0 Å². The molecule has 0 bridgehead atoms. The number of nitrogens with zero attached hydrogens (tertiary/aromatic N) is 2.